The minimum absolute atomic E-state index is 0.353. The average Bonchev–Trinajstić information content (AvgIpc) is 2.65. The molecule has 1 aromatic rings. The van der Waals surface area contributed by atoms with E-state index < -0.39 is 10.0 Å². The Morgan fingerprint density at radius 2 is 2.04 bits per heavy atom. The summed E-state index contributed by atoms with van der Waals surface area (Å²) in [4.78, 5) is 4.85. The first-order chi connectivity index (χ1) is 12.1. The number of hydrogen-bond donors (Lipinski definition) is 2. The molecule has 138 valence electrons. The summed E-state index contributed by atoms with van der Waals surface area (Å²) in [7, 11) is -3.41. The van der Waals surface area contributed by atoms with Gasteiger partial charge >= 0.3 is 0 Å². The standard InChI is InChI=1S/C18H28N4O2S/c1-3-11-20-18(19-4-2)21-15-16-9-8-10-17(14-16)25(23,24)22-12-6-5-7-13-22/h3,8-10,14H,1,4-7,11-13,15H2,2H3,(H2,19,20,21). The first-order valence-corrected chi connectivity index (χ1v) is 10.2. The van der Waals surface area contributed by atoms with Crippen molar-refractivity contribution in [2.45, 2.75) is 37.6 Å². The van der Waals surface area contributed by atoms with E-state index in [0.717, 1.165) is 31.4 Å². The molecule has 2 N–H and O–H groups in total. The summed E-state index contributed by atoms with van der Waals surface area (Å²) in [5.74, 6) is 0.687. The number of hydrogen-bond acceptors (Lipinski definition) is 3. The molecule has 1 aliphatic rings. The van der Waals surface area contributed by atoms with Gasteiger partial charge in [0.05, 0.1) is 11.4 Å². The number of nitrogens with zero attached hydrogens (tertiary/aromatic N) is 2. The second-order valence-corrected chi connectivity index (χ2v) is 7.91. The largest absolute Gasteiger partial charge is 0.357 e. The normalized spacial score (nSPS) is 16.4. The van der Waals surface area contributed by atoms with Crippen LogP contribution in [0.15, 0.2) is 46.8 Å². The second-order valence-electron chi connectivity index (χ2n) is 5.98. The van der Waals surface area contributed by atoms with Crippen LogP contribution in [0.2, 0.25) is 0 Å². The van der Waals surface area contributed by atoms with E-state index in [4.69, 9.17) is 0 Å². The molecule has 0 bridgehead atoms. The molecule has 1 aliphatic heterocycles. The Balaban J connectivity index is 2.13. The van der Waals surface area contributed by atoms with E-state index in [-0.39, 0.29) is 0 Å². The van der Waals surface area contributed by atoms with Gasteiger partial charge in [-0.1, -0.05) is 24.6 Å². The lowest BCUT2D eigenvalue weighted by Gasteiger charge is -2.26. The van der Waals surface area contributed by atoms with Gasteiger partial charge in [-0.25, -0.2) is 13.4 Å². The maximum atomic E-state index is 12.8. The average molecular weight is 365 g/mol. The van der Waals surface area contributed by atoms with Crippen molar-refractivity contribution in [3.05, 3.63) is 42.5 Å². The fraction of sp³-hybridized carbons (Fsp3) is 0.500. The third kappa shape index (κ3) is 5.57. The molecule has 0 amide bonds. The van der Waals surface area contributed by atoms with Crippen LogP contribution in [-0.4, -0.2) is 44.9 Å². The van der Waals surface area contributed by atoms with Crippen LogP contribution >= 0.6 is 0 Å². The lowest BCUT2D eigenvalue weighted by molar-refractivity contribution is 0.346. The number of piperidine rings is 1. The number of benzene rings is 1. The van der Waals surface area contributed by atoms with E-state index in [1.165, 1.54) is 0 Å². The molecule has 0 saturated carbocycles. The summed E-state index contributed by atoms with van der Waals surface area (Å²) >= 11 is 0. The van der Waals surface area contributed by atoms with E-state index in [2.05, 4.69) is 22.2 Å². The predicted molar refractivity (Wildman–Crippen MR) is 102 cm³/mol. The van der Waals surface area contributed by atoms with Crippen LogP contribution in [-0.2, 0) is 16.6 Å². The first kappa shape index (κ1) is 19.5. The molecule has 2 rings (SSSR count). The Bertz CT molecular complexity index is 695. The van der Waals surface area contributed by atoms with Crippen molar-refractivity contribution >= 4 is 16.0 Å². The Hall–Kier alpha value is -1.86. The summed E-state index contributed by atoms with van der Waals surface area (Å²) in [6.07, 6.45) is 4.73. The first-order valence-electron chi connectivity index (χ1n) is 8.80. The Morgan fingerprint density at radius 1 is 1.28 bits per heavy atom. The predicted octanol–water partition coefficient (Wildman–Crippen LogP) is 2.10. The molecular weight excluding hydrogens is 336 g/mol. The zero-order chi connectivity index (χ0) is 18.1. The van der Waals surface area contributed by atoms with Crippen molar-refractivity contribution in [3.63, 3.8) is 0 Å². The molecular formula is C18H28N4O2S. The third-order valence-corrected chi connectivity index (χ3v) is 5.92. The van der Waals surface area contributed by atoms with Gasteiger partial charge in [-0.2, -0.15) is 4.31 Å². The summed E-state index contributed by atoms with van der Waals surface area (Å²) in [5.41, 5.74) is 0.869. The van der Waals surface area contributed by atoms with E-state index in [0.29, 0.717) is 37.0 Å². The van der Waals surface area contributed by atoms with Gasteiger partial charge in [-0.15, -0.1) is 6.58 Å². The van der Waals surface area contributed by atoms with Gasteiger partial charge in [0.15, 0.2) is 5.96 Å². The molecule has 0 aromatic heterocycles. The molecule has 7 heteroatoms. The van der Waals surface area contributed by atoms with Crippen molar-refractivity contribution in [3.8, 4) is 0 Å². The summed E-state index contributed by atoms with van der Waals surface area (Å²) in [6.45, 7) is 8.69. The molecule has 0 radical (unpaired) electrons. The summed E-state index contributed by atoms with van der Waals surface area (Å²) < 4.78 is 27.1. The fourth-order valence-electron chi connectivity index (χ4n) is 2.74. The molecule has 0 spiro atoms. The summed E-state index contributed by atoms with van der Waals surface area (Å²) in [5, 5.41) is 6.28. The van der Waals surface area contributed by atoms with E-state index in [1.807, 2.05) is 13.0 Å². The van der Waals surface area contributed by atoms with E-state index >= 15 is 0 Å². The molecule has 25 heavy (non-hydrogen) atoms. The van der Waals surface area contributed by atoms with Gasteiger partial charge in [0, 0.05) is 26.2 Å². The zero-order valence-electron chi connectivity index (χ0n) is 14.9. The van der Waals surface area contributed by atoms with Gasteiger partial charge in [-0.05, 0) is 37.5 Å². The lowest BCUT2D eigenvalue weighted by atomic mass is 10.2. The van der Waals surface area contributed by atoms with Crippen LogP contribution in [0.25, 0.3) is 0 Å². The molecule has 1 heterocycles. The lowest BCUT2D eigenvalue weighted by Crippen LogP contribution is -2.37. The zero-order valence-corrected chi connectivity index (χ0v) is 15.7. The van der Waals surface area contributed by atoms with Crippen LogP contribution in [0, 0.1) is 0 Å². The van der Waals surface area contributed by atoms with Crippen molar-refractivity contribution in [2.24, 2.45) is 4.99 Å². The van der Waals surface area contributed by atoms with Crippen molar-refractivity contribution in [1.29, 1.82) is 0 Å². The molecule has 1 saturated heterocycles. The number of guanidine groups is 1. The van der Waals surface area contributed by atoms with Crippen molar-refractivity contribution in [2.75, 3.05) is 26.2 Å². The highest BCUT2D eigenvalue weighted by Crippen LogP contribution is 2.21. The quantitative estimate of drug-likeness (QED) is 0.441. The molecule has 0 unspecified atom stereocenters. The SMILES string of the molecule is C=CCNC(=NCc1cccc(S(=O)(=O)N2CCCCC2)c1)NCC. The van der Waals surface area contributed by atoms with Crippen LogP contribution in [0.5, 0.6) is 0 Å². The summed E-state index contributed by atoms with van der Waals surface area (Å²) in [6, 6.07) is 7.07. The van der Waals surface area contributed by atoms with Gasteiger partial charge < -0.3 is 10.6 Å². The molecule has 0 atom stereocenters. The van der Waals surface area contributed by atoms with Crippen LogP contribution in [0.3, 0.4) is 0 Å². The second kappa shape index (κ2) is 9.58. The Kier molecular flexibility index (Phi) is 7.46. The molecule has 1 aromatic carbocycles. The Labute approximate surface area is 151 Å². The van der Waals surface area contributed by atoms with Gasteiger partial charge in [0.2, 0.25) is 10.0 Å². The monoisotopic (exact) mass is 364 g/mol. The minimum atomic E-state index is -3.41. The maximum absolute atomic E-state index is 12.8. The van der Waals surface area contributed by atoms with Crippen molar-refractivity contribution in [1.82, 2.24) is 14.9 Å². The third-order valence-electron chi connectivity index (χ3n) is 4.03. The molecule has 6 nitrogen and oxygen atoms in total. The highest BCUT2D eigenvalue weighted by molar-refractivity contribution is 7.89. The highest BCUT2D eigenvalue weighted by Gasteiger charge is 2.25. The highest BCUT2D eigenvalue weighted by atomic mass is 32.2. The van der Waals surface area contributed by atoms with Crippen LogP contribution < -0.4 is 10.6 Å². The topological polar surface area (TPSA) is 73.8 Å². The van der Waals surface area contributed by atoms with Crippen molar-refractivity contribution < 1.29 is 8.42 Å². The van der Waals surface area contributed by atoms with E-state index in [1.54, 1.807) is 28.6 Å². The Morgan fingerprint density at radius 3 is 2.72 bits per heavy atom. The maximum Gasteiger partial charge on any atom is 0.243 e. The molecule has 1 fully saturated rings. The smallest absolute Gasteiger partial charge is 0.243 e. The van der Waals surface area contributed by atoms with Crippen LogP contribution in [0.1, 0.15) is 31.7 Å². The number of nitrogens with one attached hydrogen (secondary N) is 2. The van der Waals surface area contributed by atoms with Crippen LogP contribution in [0.4, 0.5) is 0 Å². The van der Waals surface area contributed by atoms with Gasteiger partial charge in [0.25, 0.3) is 0 Å². The van der Waals surface area contributed by atoms with Gasteiger partial charge in [0.1, 0.15) is 0 Å². The van der Waals surface area contributed by atoms with E-state index in [9.17, 15) is 8.42 Å². The number of rotatable bonds is 7. The number of sulfonamides is 1. The fourth-order valence-corrected chi connectivity index (χ4v) is 4.33. The number of aliphatic imine (C=N–C) groups is 1. The van der Waals surface area contributed by atoms with Gasteiger partial charge in [-0.3, -0.25) is 0 Å². The molecule has 0 aliphatic carbocycles. The minimum Gasteiger partial charge on any atom is -0.357 e.